The molecule has 1 aliphatic rings. The summed E-state index contributed by atoms with van der Waals surface area (Å²) in [7, 11) is 1.59. The minimum Gasteiger partial charge on any atom is -0.316 e. The smallest absolute Gasteiger partial charge is 0.316 e. The van der Waals surface area contributed by atoms with Gasteiger partial charge in [-0.3, -0.25) is 10.1 Å². The number of hydrogen-bond acceptors (Lipinski definition) is 2. The van der Waals surface area contributed by atoms with Gasteiger partial charge in [-0.2, -0.15) is 0 Å². The molecule has 0 radical (unpaired) electrons. The van der Waals surface area contributed by atoms with Gasteiger partial charge in [-0.15, -0.1) is 0 Å². The molecule has 1 N–H and O–H groups in total. The molecule has 4 heteroatoms. The van der Waals surface area contributed by atoms with E-state index in [9.17, 15) is 9.59 Å². The Hall–Kier alpha value is -1.06. The van der Waals surface area contributed by atoms with Gasteiger partial charge in [-0.1, -0.05) is 0 Å². The fraction of sp³-hybridized carbons (Fsp3) is 0.600. The third-order valence-electron chi connectivity index (χ3n) is 1.51. The molecule has 1 fully saturated rings. The van der Waals surface area contributed by atoms with Crippen LogP contribution in [0.1, 0.15) is 6.92 Å². The van der Waals surface area contributed by atoms with Crippen LogP contribution in [0.5, 0.6) is 0 Å². The Kier molecular flexibility index (Phi) is 1.16. The molecule has 0 spiro atoms. The number of amides is 3. The maximum absolute atomic E-state index is 10.6. The lowest BCUT2D eigenvalue weighted by Gasteiger charge is -2.08. The average molecular weight is 128 g/mol. The second kappa shape index (κ2) is 1.72. The summed E-state index contributed by atoms with van der Waals surface area (Å²) in [4.78, 5) is 22.6. The summed E-state index contributed by atoms with van der Waals surface area (Å²) >= 11 is 0. The lowest BCUT2D eigenvalue weighted by atomic mass is 10.3. The van der Waals surface area contributed by atoms with Crippen LogP contribution < -0.4 is 5.32 Å². The standard InChI is InChI=1S/C5H8N2O2/c1-3-4(8)6-5(9)7(3)2/h3H,1-2H3,(H,6,8,9)/t3-/m0/s1. The molecule has 1 saturated heterocycles. The first kappa shape index (κ1) is 6.07. The zero-order valence-electron chi connectivity index (χ0n) is 5.34. The van der Waals surface area contributed by atoms with E-state index in [2.05, 4.69) is 5.32 Å². The summed E-state index contributed by atoms with van der Waals surface area (Å²) in [5, 5.41) is 2.16. The number of likely N-dealkylation sites (N-methyl/N-ethyl adjacent to an activating group) is 1. The number of rotatable bonds is 0. The first-order chi connectivity index (χ1) is 4.13. The molecule has 4 nitrogen and oxygen atoms in total. The number of urea groups is 1. The van der Waals surface area contributed by atoms with Gasteiger partial charge in [0.25, 0.3) is 5.91 Å². The zero-order valence-corrected chi connectivity index (χ0v) is 5.34. The van der Waals surface area contributed by atoms with E-state index in [1.807, 2.05) is 0 Å². The van der Waals surface area contributed by atoms with Crippen molar-refractivity contribution in [1.29, 1.82) is 0 Å². The summed E-state index contributed by atoms with van der Waals surface area (Å²) in [6.07, 6.45) is 0. The monoisotopic (exact) mass is 128 g/mol. The number of nitrogens with zero attached hydrogens (tertiary/aromatic N) is 1. The van der Waals surface area contributed by atoms with Gasteiger partial charge in [0.05, 0.1) is 0 Å². The van der Waals surface area contributed by atoms with Gasteiger partial charge in [0.2, 0.25) is 0 Å². The third-order valence-corrected chi connectivity index (χ3v) is 1.51. The maximum atomic E-state index is 10.6. The molecule has 1 aliphatic heterocycles. The minimum atomic E-state index is -0.312. The quantitative estimate of drug-likeness (QED) is 0.449. The Morgan fingerprint density at radius 3 is 2.22 bits per heavy atom. The van der Waals surface area contributed by atoms with Crippen LogP contribution in [0.4, 0.5) is 4.79 Å². The Morgan fingerprint density at radius 2 is 2.11 bits per heavy atom. The lowest BCUT2D eigenvalue weighted by molar-refractivity contribution is -0.120. The van der Waals surface area contributed by atoms with Crippen molar-refractivity contribution in [1.82, 2.24) is 10.2 Å². The van der Waals surface area contributed by atoms with Crippen molar-refractivity contribution in [3.8, 4) is 0 Å². The highest BCUT2D eigenvalue weighted by molar-refractivity contribution is 6.03. The first-order valence-corrected chi connectivity index (χ1v) is 2.70. The van der Waals surface area contributed by atoms with Crippen LogP contribution in [0, 0.1) is 0 Å². The Bertz CT molecular complexity index is 148. The molecule has 0 aliphatic carbocycles. The highest BCUT2D eigenvalue weighted by atomic mass is 16.2. The van der Waals surface area contributed by atoms with Crippen molar-refractivity contribution in [2.45, 2.75) is 13.0 Å². The average Bonchev–Trinajstić information content (AvgIpc) is 1.98. The Labute approximate surface area is 52.8 Å². The van der Waals surface area contributed by atoms with Crippen molar-refractivity contribution < 1.29 is 9.59 Å². The maximum Gasteiger partial charge on any atom is 0.324 e. The number of carbonyl (C=O) groups excluding carboxylic acids is 2. The second-order valence-electron chi connectivity index (χ2n) is 2.08. The van der Waals surface area contributed by atoms with E-state index < -0.39 is 0 Å². The van der Waals surface area contributed by atoms with Crippen molar-refractivity contribution in [2.24, 2.45) is 0 Å². The van der Waals surface area contributed by atoms with E-state index in [0.717, 1.165) is 0 Å². The largest absolute Gasteiger partial charge is 0.324 e. The van der Waals surface area contributed by atoms with Crippen LogP contribution in [-0.2, 0) is 4.79 Å². The highest BCUT2D eigenvalue weighted by Gasteiger charge is 2.31. The van der Waals surface area contributed by atoms with Crippen LogP contribution in [0.25, 0.3) is 0 Å². The van der Waals surface area contributed by atoms with Gasteiger partial charge >= 0.3 is 6.03 Å². The molecular weight excluding hydrogens is 120 g/mol. The van der Waals surface area contributed by atoms with E-state index in [4.69, 9.17) is 0 Å². The molecule has 1 rings (SSSR count). The summed E-state index contributed by atoms with van der Waals surface area (Å²) < 4.78 is 0. The lowest BCUT2D eigenvalue weighted by Crippen LogP contribution is -2.27. The second-order valence-corrected chi connectivity index (χ2v) is 2.08. The molecular formula is C5H8N2O2. The molecule has 0 unspecified atom stereocenters. The molecule has 50 valence electrons. The number of nitrogens with one attached hydrogen (secondary N) is 1. The Balaban J connectivity index is 2.77. The van der Waals surface area contributed by atoms with Crippen molar-refractivity contribution in [2.75, 3.05) is 7.05 Å². The van der Waals surface area contributed by atoms with Gasteiger partial charge in [0, 0.05) is 7.05 Å². The molecule has 0 aromatic heterocycles. The molecule has 0 bridgehead atoms. The number of hydrogen-bond donors (Lipinski definition) is 1. The van der Waals surface area contributed by atoms with Gasteiger partial charge < -0.3 is 4.90 Å². The summed E-state index contributed by atoms with van der Waals surface area (Å²) in [5.41, 5.74) is 0. The van der Waals surface area contributed by atoms with Crippen LogP contribution in [0.15, 0.2) is 0 Å². The third kappa shape index (κ3) is 0.759. The van der Waals surface area contributed by atoms with Crippen LogP contribution in [0.2, 0.25) is 0 Å². The normalized spacial score (nSPS) is 26.9. The number of imide groups is 1. The van der Waals surface area contributed by atoms with E-state index >= 15 is 0 Å². The minimum absolute atomic E-state index is 0.220. The molecule has 0 saturated carbocycles. The fourth-order valence-electron chi connectivity index (χ4n) is 0.650. The molecule has 3 amide bonds. The topological polar surface area (TPSA) is 49.4 Å². The zero-order chi connectivity index (χ0) is 7.02. The molecule has 0 aromatic carbocycles. The van der Waals surface area contributed by atoms with Crippen molar-refractivity contribution in [3.05, 3.63) is 0 Å². The van der Waals surface area contributed by atoms with Gasteiger partial charge in [0.1, 0.15) is 6.04 Å². The fourth-order valence-corrected chi connectivity index (χ4v) is 0.650. The predicted molar refractivity (Wildman–Crippen MR) is 30.8 cm³/mol. The number of carbonyl (C=O) groups is 2. The van der Waals surface area contributed by atoms with Crippen LogP contribution >= 0.6 is 0 Å². The highest BCUT2D eigenvalue weighted by Crippen LogP contribution is 2.02. The van der Waals surface area contributed by atoms with Crippen LogP contribution in [0.3, 0.4) is 0 Å². The van der Waals surface area contributed by atoms with E-state index in [1.165, 1.54) is 4.90 Å². The summed E-state index contributed by atoms with van der Waals surface area (Å²) in [6.45, 7) is 1.68. The van der Waals surface area contributed by atoms with E-state index in [0.29, 0.717) is 0 Å². The van der Waals surface area contributed by atoms with Gasteiger partial charge in [-0.05, 0) is 6.92 Å². The van der Waals surface area contributed by atoms with E-state index in [1.54, 1.807) is 14.0 Å². The first-order valence-electron chi connectivity index (χ1n) is 2.70. The molecule has 1 atom stereocenters. The predicted octanol–water partition coefficient (Wildman–Crippen LogP) is -0.444. The Morgan fingerprint density at radius 1 is 1.56 bits per heavy atom. The molecule has 9 heavy (non-hydrogen) atoms. The molecule has 1 heterocycles. The summed E-state index contributed by atoms with van der Waals surface area (Å²) in [5.74, 6) is -0.220. The molecule has 0 aromatic rings. The van der Waals surface area contributed by atoms with Crippen LogP contribution in [-0.4, -0.2) is 29.9 Å². The SMILES string of the molecule is C[C@H]1C(=O)NC(=O)N1C. The van der Waals surface area contributed by atoms with Crippen molar-refractivity contribution >= 4 is 11.9 Å². The van der Waals surface area contributed by atoms with E-state index in [-0.39, 0.29) is 18.0 Å². The van der Waals surface area contributed by atoms with Gasteiger partial charge in [-0.25, -0.2) is 4.79 Å². The summed E-state index contributed by atoms with van der Waals surface area (Å²) in [6, 6.07) is -0.620. The van der Waals surface area contributed by atoms with Gasteiger partial charge in [0.15, 0.2) is 0 Å². The van der Waals surface area contributed by atoms with Crippen molar-refractivity contribution in [3.63, 3.8) is 0 Å².